The molecule has 0 N–H and O–H groups in total. The Kier molecular flexibility index (Phi) is 5.09. The fourth-order valence-electron chi connectivity index (χ4n) is 3.87. The molecule has 0 radical (unpaired) electrons. The van der Waals surface area contributed by atoms with Crippen molar-refractivity contribution in [1.82, 2.24) is 9.88 Å². The van der Waals surface area contributed by atoms with Gasteiger partial charge in [-0.25, -0.2) is 0 Å². The van der Waals surface area contributed by atoms with Crippen molar-refractivity contribution in [3.8, 4) is 0 Å². The molecule has 0 unspecified atom stereocenters. The number of hydrogen-bond acceptors (Lipinski definition) is 2. The van der Waals surface area contributed by atoms with Crippen molar-refractivity contribution in [2.24, 2.45) is 5.92 Å². The molecular formula is C20H28N2. The van der Waals surface area contributed by atoms with E-state index in [9.17, 15) is 0 Å². The van der Waals surface area contributed by atoms with Crippen molar-refractivity contribution >= 4 is 0 Å². The van der Waals surface area contributed by atoms with Gasteiger partial charge in [0.05, 0.1) is 0 Å². The molecule has 0 saturated carbocycles. The Balaban J connectivity index is 1.66. The normalized spacial score (nSPS) is 26.5. The van der Waals surface area contributed by atoms with Crippen LogP contribution < -0.4 is 0 Å². The lowest BCUT2D eigenvalue weighted by Gasteiger charge is -2.37. The monoisotopic (exact) mass is 296 g/mol. The van der Waals surface area contributed by atoms with E-state index in [1.807, 2.05) is 6.20 Å². The van der Waals surface area contributed by atoms with Crippen molar-refractivity contribution in [2.45, 2.75) is 51.5 Å². The number of nitrogens with zero attached hydrogens (tertiary/aromatic N) is 2. The summed E-state index contributed by atoms with van der Waals surface area (Å²) in [6, 6.07) is 4.86. The second-order valence-corrected chi connectivity index (χ2v) is 6.95. The highest BCUT2D eigenvalue weighted by Gasteiger charge is 2.25. The molecule has 2 heteroatoms. The van der Waals surface area contributed by atoms with E-state index in [1.165, 1.54) is 56.2 Å². The van der Waals surface area contributed by atoms with Crippen LogP contribution in [0.3, 0.4) is 0 Å². The average molecular weight is 296 g/mol. The Labute approximate surface area is 134 Å². The molecule has 0 spiro atoms. The van der Waals surface area contributed by atoms with Crippen LogP contribution in [0.1, 0.15) is 57.1 Å². The highest BCUT2D eigenvalue weighted by Crippen LogP contribution is 2.34. The number of likely N-dealkylation sites (tertiary alicyclic amines) is 1. The number of allylic oxidation sites excluding steroid dienone is 2. The van der Waals surface area contributed by atoms with Crippen molar-refractivity contribution < 1.29 is 0 Å². The lowest BCUT2D eigenvalue weighted by atomic mass is 9.85. The van der Waals surface area contributed by atoms with Crippen molar-refractivity contribution in [1.29, 1.82) is 0 Å². The van der Waals surface area contributed by atoms with Crippen LogP contribution in [-0.4, -0.2) is 23.0 Å². The van der Waals surface area contributed by atoms with E-state index in [-0.39, 0.29) is 0 Å². The third kappa shape index (κ3) is 3.67. The largest absolute Gasteiger partial charge is 0.292 e. The molecule has 22 heavy (non-hydrogen) atoms. The summed E-state index contributed by atoms with van der Waals surface area (Å²) >= 11 is 0. The summed E-state index contributed by atoms with van der Waals surface area (Å²) in [6.45, 7) is 8.66. The molecule has 1 aromatic rings. The Hall–Kier alpha value is -1.41. The van der Waals surface area contributed by atoms with E-state index in [2.05, 4.69) is 47.8 Å². The number of piperidine rings is 1. The molecule has 2 atom stereocenters. The minimum atomic E-state index is 0.558. The number of pyridine rings is 1. The first-order valence-electron chi connectivity index (χ1n) is 8.71. The van der Waals surface area contributed by atoms with E-state index >= 15 is 0 Å². The molecule has 0 bridgehead atoms. The van der Waals surface area contributed by atoms with Gasteiger partial charge in [-0.1, -0.05) is 36.3 Å². The van der Waals surface area contributed by atoms with Gasteiger partial charge in [-0.05, 0) is 63.1 Å². The minimum absolute atomic E-state index is 0.558. The second-order valence-electron chi connectivity index (χ2n) is 6.95. The summed E-state index contributed by atoms with van der Waals surface area (Å²) in [5.41, 5.74) is 4.37. The predicted molar refractivity (Wildman–Crippen MR) is 92.6 cm³/mol. The number of aromatic nitrogens is 1. The Bertz CT molecular complexity index is 532. The lowest BCUT2D eigenvalue weighted by molar-refractivity contribution is 0.159. The fraction of sp³-hybridized carbons (Fsp3) is 0.550. The third-order valence-corrected chi connectivity index (χ3v) is 5.29. The molecule has 1 aliphatic heterocycles. The van der Waals surface area contributed by atoms with Gasteiger partial charge in [0.25, 0.3) is 0 Å². The number of hydrogen-bond donors (Lipinski definition) is 0. The lowest BCUT2D eigenvalue weighted by Crippen LogP contribution is -2.35. The molecule has 2 heterocycles. The molecular weight excluding hydrogens is 268 g/mol. The molecule has 1 fully saturated rings. The van der Waals surface area contributed by atoms with E-state index in [4.69, 9.17) is 0 Å². The molecule has 1 saturated heterocycles. The third-order valence-electron chi connectivity index (χ3n) is 5.29. The first kappa shape index (κ1) is 15.5. The standard InChI is InChI=1S/C20H28N2/c1-16(2)18-10-8-17(9-11-18)15-22-13-4-3-7-20(22)19-6-5-12-21-14-19/h5-6,8,12,14,18,20H,1,3-4,7,9-11,13,15H2,2H3/t18-,20-/m1/s1. The van der Waals surface area contributed by atoms with E-state index < -0.39 is 0 Å². The van der Waals surface area contributed by atoms with Crippen molar-refractivity contribution in [3.05, 3.63) is 53.9 Å². The summed E-state index contributed by atoms with van der Waals surface area (Å²) in [4.78, 5) is 6.99. The van der Waals surface area contributed by atoms with Gasteiger partial charge >= 0.3 is 0 Å². The molecule has 2 nitrogen and oxygen atoms in total. The quantitative estimate of drug-likeness (QED) is 0.734. The van der Waals surface area contributed by atoms with Gasteiger partial charge in [-0.3, -0.25) is 9.88 Å². The maximum Gasteiger partial charge on any atom is 0.0366 e. The summed E-state index contributed by atoms with van der Waals surface area (Å²) in [7, 11) is 0. The SMILES string of the molecule is C=C(C)[C@@H]1CC=C(CN2CCCC[C@@H]2c2cccnc2)CC1. The van der Waals surface area contributed by atoms with E-state index in [1.54, 1.807) is 5.57 Å². The average Bonchev–Trinajstić information content (AvgIpc) is 2.57. The summed E-state index contributed by atoms with van der Waals surface area (Å²) in [6.07, 6.45) is 14.1. The zero-order chi connectivity index (χ0) is 15.4. The van der Waals surface area contributed by atoms with Gasteiger partial charge in [0.15, 0.2) is 0 Å². The van der Waals surface area contributed by atoms with Crippen LogP contribution in [0.25, 0.3) is 0 Å². The summed E-state index contributed by atoms with van der Waals surface area (Å²) in [5, 5.41) is 0. The number of rotatable bonds is 4. The van der Waals surface area contributed by atoms with E-state index in [0.717, 1.165) is 6.54 Å². The van der Waals surface area contributed by atoms with Crippen molar-refractivity contribution in [2.75, 3.05) is 13.1 Å². The summed E-state index contributed by atoms with van der Waals surface area (Å²) < 4.78 is 0. The second kappa shape index (κ2) is 7.23. The van der Waals surface area contributed by atoms with Crippen LogP contribution in [0.5, 0.6) is 0 Å². The van der Waals surface area contributed by atoms with Gasteiger partial charge in [0.2, 0.25) is 0 Å². The predicted octanol–water partition coefficient (Wildman–Crippen LogP) is 4.91. The molecule has 0 amide bonds. The van der Waals surface area contributed by atoms with Crippen molar-refractivity contribution in [3.63, 3.8) is 0 Å². The topological polar surface area (TPSA) is 16.1 Å². The zero-order valence-corrected chi connectivity index (χ0v) is 13.8. The van der Waals surface area contributed by atoms with E-state index in [0.29, 0.717) is 12.0 Å². The first-order chi connectivity index (χ1) is 10.7. The summed E-state index contributed by atoms with van der Waals surface area (Å²) in [5.74, 6) is 0.708. The van der Waals surface area contributed by atoms with Crippen LogP contribution in [0.4, 0.5) is 0 Å². The Morgan fingerprint density at radius 3 is 2.95 bits per heavy atom. The van der Waals surface area contributed by atoms with Crippen LogP contribution in [-0.2, 0) is 0 Å². The fourth-order valence-corrected chi connectivity index (χ4v) is 3.87. The molecule has 118 valence electrons. The first-order valence-corrected chi connectivity index (χ1v) is 8.71. The van der Waals surface area contributed by atoms with Crippen LogP contribution in [0, 0.1) is 5.92 Å². The minimum Gasteiger partial charge on any atom is -0.292 e. The molecule has 3 rings (SSSR count). The smallest absolute Gasteiger partial charge is 0.0366 e. The Morgan fingerprint density at radius 2 is 2.27 bits per heavy atom. The van der Waals surface area contributed by atoms with Gasteiger partial charge in [0.1, 0.15) is 0 Å². The van der Waals surface area contributed by atoms with Crippen LogP contribution in [0.2, 0.25) is 0 Å². The van der Waals surface area contributed by atoms with Gasteiger partial charge in [-0.15, -0.1) is 0 Å². The van der Waals surface area contributed by atoms with Gasteiger partial charge in [0, 0.05) is 25.0 Å². The Morgan fingerprint density at radius 1 is 1.36 bits per heavy atom. The maximum atomic E-state index is 4.32. The van der Waals surface area contributed by atoms with Crippen LogP contribution in [0.15, 0.2) is 48.3 Å². The molecule has 0 aromatic carbocycles. The zero-order valence-electron chi connectivity index (χ0n) is 13.8. The van der Waals surface area contributed by atoms with Gasteiger partial charge < -0.3 is 0 Å². The molecule has 1 aromatic heterocycles. The molecule has 2 aliphatic rings. The highest BCUT2D eigenvalue weighted by molar-refractivity contribution is 5.18. The van der Waals surface area contributed by atoms with Crippen LogP contribution >= 0.6 is 0 Å². The van der Waals surface area contributed by atoms with Gasteiger partial charge in [-0.2, -0.15) is 0 Å². The maximum absolute atomic E-state index is 4.32. The molecule has 1 aliphatic carbocycles. The highest BCUT2D eigenvalue weighted by atomic mass is 15.2.